The number of aliphatic hydroxyl groups is 2. The van der Waals surface area contributed by atoms with Crippen molar-refractivity contribution >= 4 is 10.0 Å². The normalized spacial score (nSPS) is 37.7. The number of aryl methyl sites for hydroxylation is 1. The van der Waals surface area contributed by atoms with Gasteiger partial charge < -0.3 is 29.2 Å². The van der Waals surface area contributed by atoms with E-state index in [0.717, 1.165) is 11.1 Å². The van der Waals surface area contributed by atoms with E-state index in [1.807, 2.05) is 37.3 Å². The second kappa shape index (κ2) is 9.29. The van der Waals surface area contributed by atoms with Gasteiger partial charge in [0, 0.05) is 11.6 Å². The van der Waals surface area contributed by atoms with Crippen LogP contribution in [0.3, 0.4) is 0 Å². The first-order valence-electron chi connectivity index (χ1n) is 11.3. The van der Waals surface area contributed by atoms with Gasteiger partial charge in [0.1, 0.15) is 24.4 Å². The SMILES string of the molecule is Cc1ccc(S(=O)(=O)N2C(C)C2CO[C@@H]2O[C@@H]3CO[C@H](c4ccccc4)O[C@@H]3[C@H](O)[C@H]2O)cc1. The fourth-order valence-electron chi connectivity index (χ4n) is 4.51. The Morgan fingerprint density at radius 3 is 2.44 bits per heavy atom. The van der Waals surface area contributed by atoms with Crippen molar-refractivity contribution in [3.8, 4) is 0 Å². The first kappa shape index (κ1) is 23.8. The molecule has 184 valence electrons. The molecule has 10 heteroatoms. The molecule has 0 saturated carbocycles. The number of hydrogen-bond donors (Lipinski definition) is 2. The van der Waals surface area contributed by atoms with Crippen molar-refractivity contribution < 1.29 is 37.6 Å². The van der Waals surface area contributed by atoms with Gasteiger partial charge in [0.25, 0.3) is 0 Å². The number of rotatable bonds is 6. The molecule has 34 heavy (non-hydrogen) atoms. The minimum absolute atomic E-state index is 0.0203. The molecule has 3 aliphatic heterocycles. The molecular weight excluding hydrogens is 462 g/mol. The van der Waals surface area contributed by atoms with Crippen LogP contribution in [0.15, 0.2) is 59.5 Å². The van der Waals surface area contributed by atoms with Gasteiger partial charge in [-0.1, -0.05) is 48.0 Å². The Labute approximate surface area is 198 Å². The van der Waals surface area contributed by atoms with Gasteiger partial charge in [-0.25, -0.2) is 8.42 Å². The van der Waals surface area contributed by atoms with Crippen molar-refractivity contribution in [3.63, 3.8) is 0 Å². The van der Waals surface area contributed by atoms with Gasteiger partial charge in [0.15, 0.2) is 12.6 Å². The molecule has 2 aromatic rings. The zero-order chi connectivity index (χ0) is 24.0. The highest BCUT2D eigenvalue weighted by Gasteiger charge is 2.54. The molecule has 0 bridgehead atoms. The lowest BCUT2D eigenvalue weighted by molar-refractivity contribution is -0.361. The smallest absolute Gasteiger partial charge is 0.243 e. The fourth-order valence-corrected chi connectivity index (χ4v) is 6.35. The molecule has 5 rings (SSSR count). The van der Waals surface area contributed by atoms with Crippen LogP contribution in [-0.2, 0) is 29.0 Å². The maximum absolute atomic E-state index is 12.9. The Balaban J connectivity index is 1.19. The lowest BCUT2D eigenvalue weighted by Gasteiger charge is -2.46. The average Bonchev–Trinajstić information content (AvgIpc) is 3.51. The highest BCUT2D eigenvalue weighted by molar-refractivity contribution is 7.89. The van der Waals surface area contributed by atoms with E-state index in [0.29, 0.717) is 0 Å². The Morgan fingerprint density at radius 2 is 1.74 bits per heavy atom. The molecule has 3 saturated heterocycles. The molecule has 3 heterocycles. The predicted molar refractivity (Wildman–Crippen MR) is 120 cm³/mol. The van der Waals surface area contributed by atoms with Crippen LogP contribution in [0.1, 0.15) is 24.3 Å². The number of aliphatic hydroxyl groups excluding tert-OH is 2. The van der Waals surface area contributed by atoms with Crippen LogP contribution < -0.4 is 0 Å². The van der Waals surface area contributed by atoms with E-state index in [-0.39, 0.29) is 24.2 Å². The van der Waals surface area contributed by atoms with Crippen LogP contribution >= 0.6 is 0 Å². The van der Waals surface area contributed by atoms with Gasteiger partial charge in [-0.05, 0) is 26.0 Å². The van der Waals surface area contributed by atoms with E-state index in [1.54, 1.807) is 31.2 Å². The highest BCUT2D eigenvalue weighted by atomic mass is 32.2. The van der Waals surface area contributed by atoms with E-state index < -0.39 is 53.1 Å². The van der Waals surface area contributed by atoms with Crippen LogP contribution in [0, 0.1) is 6.92 Å². The summed E-state index contributed by atoms with van der Waals surface area (Å²) in [6.45, 7) is 3.87. The Bertz CT molecular complexity index is 1090. The summed E-state index contributed by atoms with van der Waals surface area (Å²) in [6, 6.07) is 15.4. The largest absolute Gasteiger partial charge is 0.387 e. The van der Waals surface area contributed by atoms with Crippen LogP contribution in [0.4, 0.5) is 0 Å². The third-order valence-corrected chi connectivity index (χ3v) is 8.65. The average molecular weight is 492 g/mol. The zero-order valence-corrected chi connectivity index (χ0v) is 19.7. The zero-order valence-electron chi connectivity index (χ0n) is 18.9. The number of ether oxygens (including phenoxy) is 4. The maximum Gasteiger partial charge on any atom is 0.243 e. The summed E-state index contributed by atoms with van der Waals surface area (Å²) in [7, 11) is -3.65. The molecule has 0 radical (unpaired) electrons. The minimum Gasteiger partial charge on any atom is -0.387 e. The summed E-state index contributed by atoms with van der Waals surface area (Å²) in [6.07, 6.45) is -5.82. The Kier molecular flexibility index (Phi) is 6.51. The van der Waals surface area contributed by atoms with E-state index >= 15 is 0 Å². The second-order valence-electron chi connectivity index (χ2n) is 8.99. The minimum atomic E-state index is -3.65. The molecule has 0 aromatic heterocycles. The van der Waals surface area contributed by atoms with Crippen LogP contribution in [-0.4, -0.2) is 78.9 Å². The molecule has 2 N–H and O–H groups in total. The second-order valence-corrected chi connectivity index (χ2v) is 10.8. The van der Waals surface area contributed by atoms with Crippen molar-refractivity contribution in [3.05, 3.63) is 65.7 Å². The van der Waals surface area contributed by atoms with Crippen molar-refractivity contribution in [1.29, 1.82) is 0 Å². The quantitative estimate of drug-likeness (QED) is 0.582. The van der Waals surface area contributed by atoms with Gasteiger partial charge in [0.2, 0.25) is 10.0 Å². The van der Waals surface area contributed by atoms with Crippen molar-refractivity contribution in [1.82, 2.24) is 4.31 Å². The van der Waals surface area contributed by atoms with Crippen molar-refractivity contribution in [2.75, 3.05) is 13.2 Å². The summed E-state index contributed by atoms with van der Waals surface area (Å²) in [5.74, 6) is 0. The summed E-state index contributed by atoms with van der Waals surface area (Å²) in [5.41, 5.74) is 1.78. The molecule has 3 aliphatic rings. The molecule has 3 unspecified atom stereocenters. The lowest BCUT2D eigenvalue weighted by Crippen LogP contribution is -2.62. The fraction of sp³-hybridized carbons (Fsp3) is 0.500. The van der Waals surface area contributed by atoms with Crippen LogP contribution in [0.2, 0.25) is 0 Å². The van der Waals surface area contributed by atoms with Crippen LogP contribution in [0.5, 0.6) is 0 Å². The van der Waals surface area contributed by atoms with E-state index in [9.17, 15) is 18.6 Å². The molecule has 9 atom stereocenters. The Hall–Kier alpha value is -1.89. The summed E-state index contributed by atoms with van der Waals surface area (Å²) in [4.78, 5) is 0.226. The molecule has 0 amide bonds. The maximum atomic E-state index is 12.9. The van der Waals surface area contributed by atoms with E-state index in [4.69, 9.17) is 18.9 Å². The third-order valence-electron chi connectivity index (χ3n) is 6.63. The predicted octanol–water partition coefficient (Wildman–Crippen LogP) is 1.33. The van der Waals surface area contributed by atoms with Crippen LogP contribution in [0.25, 0.3) is 0 Å². The standard InChI is InChI=1S/C24H29NO8S/c1-14-8-10-17(11-9-14)34(28,29)25-15(2)18(25)12-30-24-21(27)20(26)22-19(32-24)13-31-23(33-22)16-6-4-3-5-7-16/h3-11,15,18-24,26-27H,12-13H2,1-2H3/t15?,18?,19-,20-,21-,22+,23+,24-,25?/m1/s1. The summed E-state index contributed by atoms with van der Waals surface area (Å²) < 4.78 is 50.5. The molecular formula is C24H29NO8S. The number of nitrogens with zero attached hydrogens (tertiary/aromatic N) is 1. The molecule has 0 aliphatic carbocycles. The van der Waals surface area contributed by atoms with Gasteiger partial charge >= 0.3 is 0 Å². The van der Waals surface area contributed by atoms with Crippen molar-refractivity contribution in [2.45, 2.75) is 67.8 Å². The number of sulfonamides is 1. The van der Waals surface area contributed by atoms with Gasteiger partial charge in [0.05, 0.1) is 24.2 Å². The summed E-state index contributed by atoms with van der Waals surface area (Å²) in [5, 5.41) is 21.3. The van der Waals surface area contributed by atoms with E-state index in [2.05, 4.69) is 0 Å². The summed E-state index contributed by atoms with van der Waals surface area (Å²) >= 11 is 0. The van der Waals surface area contributed by atoms with Gasteiger partial charge in [-0.3, -0.25) is 0 Å². The molecule has 2 aromatic carbocycles. The number of benzene rings is 2. The van der Waals surface area contributed by atoms with E-state index in [1.165, 1.54) is 4.31 Å². The van der Waals surface area contributed by atoms with Crippen molar-refractivity contribution in [2.24, 2.45) is 0 Å². The topological polar surface area (TPSA) is 115 Å². The molecule has 3 fully saturated rings. The number of fused-ring (bicyclic) bond motifs is 1. The lowest BCUT2D eigenvalue weighted by atomic mass is 9.98. The monoisotopic (exact) mass is 491 g/mol. The van der Waals surface area contributed by atoms with Gasteiger partial charge in [-0.15, -0.1) is 0 Å². The third kappa shape index (κ3) is 4.40. The Morgan fingerprint density at radius 1 is 1.03 bits per heavy atom. The number of hydrogen-bond acceptors (Lipinski definition) is 8. The molecule has 0 spiro atoms. The first-order valence-corrected chi connectivity index (χ1v) is 12.8. The first-order chi connectivity index (χ1) is 16.3. The molecule has 9 nitrogen and oxygen atoms in total. The van der Waals surface area contributed by atoms with Gasteiger partial charge in [-0.2, -0.15) is 4.31 Å². The highest BCUT2D eigenvalue weighted by Crippen LogP contribution is 2.38.